The van der Waals surface area contributed by atoms with Gasteiger partial charge in [-0.15, -0.1) is 0 Å². The van der Waals surface area contributed by atoms with Gasteiger partial charge in [0, 0.05) is 0 Å². The summed E-state index contributed by atoms with van der Waals surface area (Å²) in [6, 6.07) is 0. The Kier molecular flexibility index (Phi) is 3.09. The Hall–Kier alpha value is -2.98. The number of halogens is 5. The molecule has 1 aromatic heterocycles. The van der Waals surface area contributed by atoms with Crippen LogP contribution in [0.4, 0.5) is 27.8 Å². The van der Waals surface area contributed by atoms with Crippen molar-refractivity contribution in [1.82, 2.24) is 15.1 Å². The van der Waals surface area contributed by atoms with Crippen molar-refractivity contribution in [3.8, 4) is 5.69 Å². The van der Waals surface area contributed by atoms with E-state index in [0.29, 0.717) is 0 Å². The van der Waals surface area contributed by atoms with Gasteiger partial charge in [0.15, 0.2) is 23.3 Å². The van der Waals surface area contributed by atoms with E-state index in [4.69, 9.17) is 5.73 Å². The van der Waals surface area contributed by atoms with E-state index in [9.17, 15) is 31.5 Å². The van der Waals surface area contributed by atoms with Crippen LogP contribution in [0.1, 0.15) is 16.1 Å². The fourth-order valence-corrected chi connectivity index (χ4v) is 2.18. The standard InChI is InChI=1S/C12H5F5N4O2/c13-5-6(14)8(16)10(9(17)7(5)15)21-11(18)4-2(20-21)1-3(22)19-12(4)23/h1,18H2,(H,19,22,23). The minimum atomic E-state index is -2.34. The first-order valence-corrected chi connectivity index (χ1v) is 5.97. The van der Waals surface area contributed by atoms with E-state index >= 15 is 0 Å². The zero-order chi connectivity index (χ0) is 17.0. The molecule has 2 heterocycles. The number of anilines is 1. The molecule has 120 valence electrons. The third-order valence-corrected chi connectivity index (χ3v) is 3.20. The fraction of sp³-hybridized carbons (Fsp3) is 0.0833. The van der Waals surface area contributed by atoms with Crippen molar-refractivity contribution >= 4 is 17.6 Å². The molecule has 11 heteroatoms. The van der Waals surface area contributed by atoms with Crippen molar-refractivity contribution in [2.24, 2.45) is 0 Å². The van der Waals surface area contributed by atoms with E-state index in [1.54, 1.807) is 0 Å². The zero-order valence-electron chi connectivity index (χ0n) is 10.9. The average Bonchev–Trinajstić information content (AvgIpc) is 2.80. The molecule has 3 rings (SSSR count). The normalized spacial score (nSPS) is 14.0. The molecule has 1 aliphatic heterocycles. The van der Waals surface area contributed by atoms with Crippen molar-refractivity contribution in [1.29, 1.82) is 0 Å². The third kappa shape index (κ3) is 1.96. The monoisotopic (exact) mass is 332 g/mol. The van der Waals surface area contributed by atoms with Crippen LogP contribution in [-0.4, -0.2) is 21.6 Å². The summed E-state index contributed by atoms with van der Waals surface area (Å²) in [5.74, 6) is -13.4. The van der Waals surface area contributed by atoms with Crippen LogP contribution in [0.2, 0.25) is 0 Å². The molecule has 0 saturated heterocycles. The van der Waals surface area contributed by atoms with Gasteiger partial charge in [-0.2, -0.15) is 5.10 Å². The number of carbonyl (C=O) groups is 2. The number of nitrogens with one attached hydrogen (secondary N) is 1. The van der Waals surface area contributed by atoms with Crippen LogP contribution in [0.15, 0.2) is 0 Å². The number of aromatic nitrogens is 2. The molecule has 0 radical (unpaired) electrons. The summed E-state index contributed by atoms with van der Waals surface area (Å²) < 4.78 is 67.4. The lowest BCUT2D eigenvalue weighted by Crippen LogP contribution is -2.37. The number of imide groups is 1. The Morgan fingerprint density at radius 2 is 1.48 bits per heavy atom. The molecule has 1 aromatic carbocycles. The maximum Gasteiger partial charge on any atom is 0.263 e. The first-order valence-electron chi connectivity index (χ1n) is 5.97. The molecule has 0 atom stereocenters. The number of benzene rings is 1. The summed E-state index contributed by atoms with van der Waals surface area (Å²) >= 11 is 0. The Labute approximate surface area is 123 Å². The fourth-order valence-electron chi connectivity index (χ4n) is 2.18. The zero-order valence-corrected chi connectivity index (χ0v) is 10.9. The van der Waals surface area contributed by atoms with Crippen LogP contribution in [0.25, 0.3) is 5.69 Å². The lowest BCUT2D eigenvalue weighted by molar-refractivity contribution is -0.119. The molecule has 0 spiro atoms. The summed E-state index contributed by atoms with van der Waals surface area (Å²) in [5.41, 5.74) is 3.48. The van der Waals surface area contributed by atoms with Crippen LogP contribution >= 0.6 is 0 Å². The van der Waals surface area contributed by atoms with Gasteiger partial charge in [0.1, 0.15) is 17.1 Å². The van der Waals surface area contributed by atoms with E-state index in [1.807, 2.05) is 5.32 Å². The predicted octanol–water partition coefficient (Wildman–Crippen LogP) is 0.962. The highest BCUT2D eigenvalue weighted by Gasteiger charge is 2.34. The largest absolute Gasteiger partial charge is 0.383 e. The molecule has 6 nitrogen and oxygen atoms in total. The molecule has 0 saturated carbocycles. The Balaban J connectivity index is 2.32. The third-order valence-electron chi connectivity index (χ3n) is 3.20. The molecule has 0 fully saturated rings. The van der Waals surface area contributed by atoms with E-state index in [1.165, 1.54) is 0 Å². The van der Waals surface area contributed by atoms with Gasteiger partial charge in [0.05, 0.1) is 12.1 Å². The van der Waals surface area contributed by atoms with Crippen molar-refractivity contribution in [2.45, 2.75) is 6.42 Å². The number of amides is 2. The number of rotatable bonds is 1. The molecule has 0 unspecified atom stereocenters. The summed E-state index contributed by atoms with van der Waals surface area (Å²) in [6.45, 7) is 0. The summed E-state index contributed by atoms with van der Waals surface area (Å²) in [7, 11) is 0. The summed E-state index contributed by atoms with van der Waals surface area (Å²) in [4.78, 5) is 22.9. The van der Waals surface area contributed by atoms with Gasteiger partial charge < -0.3 is 5.73 Å². The number of carbonyl (C=O) groups excluding carboxylic acids is 2. The molecule has 0 aliphatic carbocycles. The van der Waals surface area contributed by atoms with Gasteiger partial charge in [-0.1, -0.05) is 0 Å². The minimum Gasteiger partial charge on any atom is -0.383 e. The molecule has 3 N–H and O–H groups in total. The Morgan fingerprint density at radius 1 is 0.957 bits per heavy atom. The van der Waals surface area contributed by atoms with Crippen LogP contribution in [0.5, 0.6) is 0 Å². The Morgan fingerprint density at radius 3 is 2.04 bits per heavy atom. The van der Waals surface area contributed by atoms with E-state index in [-0.39, 0.29) is 15.9 Å². The van der Waals surface area contributed by atoms with Crippen LogP contribution in [0, 0.1) is 29.1 Å². The van der Waals surface area contributed by atoms with Crippen LogP contribution in [-0.2, 0) is 11.2 Å². The maximum atomic E-state index is 13.8. The van der Waals surface area contributed by atoms with Crippen molar-refractivity contribution < 1.29 is 31.5 Å². The second-order valence-electron chi connectivity index (χ2n) is 4.59. The SMILES string of the molecule is Nc1c2c(nn1-c1c(F)c(F)c(F)c(F)c1F)CC(=O)NC2=O. The molecular formula is C12H5F5N4O2. The second kappa shape index (κ2) is 4.76. The smallest absolute Gasteiger partial charge is 0.263 e. The highest BCUT2D eigenvalue weighted by molar-refractivity contribution is 6.11. The number of fused-ring (bicyclic) bond motifs is 1. The highest BCUT2D eigenvalue weighted by atomic mass is 19.2. The topological polar surface area (TPSA) is 90.0 Å². The van der Waals surface area contributed by atoms with E-state index < -0.39 is 58.8 Å². The van der Waals surface area contributed by atoms with Gasteiger partial charge in [-0.25, -0.2) is 26.6 Å². The van der Waals surface area contributed by atoms with E-state index in [2.05, 4.69) is 5.10 Å². The first-order chi connectivity index (χ1) is 10.7. The molecule has 1 aliphatic rings. The predicted molar refractivity (Wildman–Crippen MR) is 63.9 cm³/mol. The van der Waals surface area contributed by atoms with Crippen molar-refractivity contribution in [2.75, 3.05) is 5.73 Å². The number of hydrogen-bond acceptors (Lipinski definition) is 4. The summed E-state index contributed by atoms with van der Waals surface area (Å²) in [5, 5.41) is 5.42. The van der Waals surface area contributed by atoms with Gasteiger partial charge >= 0.3 is 0 Å². The number of nitrogens with two attached hydrogens (primary N) is 1. The van der Waals surface area contributed by atoms with E-state index in [0.717, 1.165) is 0 Å². The summed E-state index contributed by atoms with van der Waals surface area (Å²) in [6.07, 6.45) is -0.437. The van der Waals surface area contributed by atoms with Gasteiger partial charge in [-0.3, -0.25) is 14.9 Å². The Bertz CT molecular complexity index is 863. The average molecular weight is 332 g/mol. The molecular weight excluding hydrogens is 327 g/mol. The highest BCUT2D eigenvalue weighted by Crippen LogP contribution is 2.30. The van der Waals surface area contributed by atoms with Gasteiger partial charge in [0.2, 0.25) is 11.7 Å². The second-order valence-corrected chi connectivity index (χ2v) is 4.59. The van der Waals surface area contributed by atoms with Crippen LogP contribution in [0.3, 0.4) is 0 Å². The van der Waals surface area contributed by atoms with Crippen molar-refractivity contribution in [3.63, 3.8) is 0 Å². The molecule has 2 aromatic rings. The van der Waals surface area contributed by atoms with Gasteiger partial charge in [0.25, 0.3) is 5.91 Å². The minimum absolute atomic E-state index is 0.207. The van der Waals surface area contributed by atoms with Crippen LogP contribution < -0.4 is 11.1 Å². The number of nitrogen functional groups attached to an aromatic ring is 1. The lowest BCUT2D eigenvalue weighted by Gasteiger charge is -2.10. The quantitative estimate of drug-likeness (QED) is 0.352. The number of hydrogen-bond donors (Lipinski definition) is 2. The maximum absolute atomic E-state index is 13.8. The number of nitrogens with zero attached hydrogens (tertiary/aromatic N) is 2. The van der Waals surface area contributed by atoms with Crippen molar-refractivity contribution in [3.05, 3.63) is 40.3 Å². The molecule has 2 amide bonds. The molecule has 0 bridgehead atoms. The van der Waals surface area contributed by atoms with Gasteiger partial charge in [-0.05, 0) is 0 Å². The first kappa shape index (κ1) is 14.9. The molecule has 23 heavy (non-hydrogen) atoms. The lowest BCUT2D eigenvalue weighted by atomic mass is 10.1.